The van der Waals surface area contributed by atoms with Gasteiger partial charge in [-0.2, -0.15) is 10.2 Å². The lowest BCUT2D eigenvalue weighted by molar-refractivity contribution is 0.0783. The number of fused-ring (bicyclic) bond motifs is 1. The van der Waals surface area contributed by atoms with E-state index in [1.165, 1.54) is 10.7 Å². The molecule has 5 rings (SSSR count). The Morgan fingerprint density at radius 2 is 2.00 bits per heavy atom. The van der Waals surface area contributed by atoms with E-state index in [9.17, 15) is 9.90 Å². The predicted molar refractivity (Wildman–Crippen MR) is 137 cm³/mol. The summed E-state index contributed by atoms with van der Waals surface area (Å²) in [5.74, 6) is 1.25. The molecule has 12 nitrogen and oxygen atoms in total. The predicted octanol–water partition coefficient (Wildman–Crippen LogP) is 1.74. The summed E-state index contributed by atoms with van der Waals surface area (Å²) in [6.45, 7) is 2.67. The van der Waals surface area contributed by atoms with Gasteiger partial charge < -0.3 is 20.3 Å². The van der Waals surface area contributed by atoms with Crippen molar-refractivity contribution in [3.8, 4) is 17.1 Å². The number of ether oxygens (including phenoxy) is 1. The third kappa shape index (κ3) is 5.35. The molecule has 0 radical (unpaired) electrons. The van der Waals surface area contributed by atoms with Gasteiger partial charge in [-0.15, -0.1) is 5.10 Å². The molecule has 0 bridgehead atoms. The second-order valence-corrected chi connectivity index (χ2v) is 9.38. The number of rotatable bonds is 9. The fourth-order valence-electron chi connectivity index (χ4n) is 4.78. The average molecular weight is 509 g/mol. The molecule has 0 aliphatic heterocycles. The molecule has 1 aliphatic carbocycles. The zero-order valence-corrected chi connectivity index (χ0v) is 21.0. The minimum Gasteiger partial charge on any atom is -0.473 e. The Kier molecular flexibility index (Phi) is 7.19. The van der Waals surface area contributed by atoms with Crippen molar-refractivity contribution in [1.82, 2.24) is 34.3 Å². The van der Waals surface area contributed by atoms with Crippen LogP contribution in [0.2, 0.25) is 0 Å². The van der Waals surface area contributed by atoms with Gasteiger partial charge in [0, 0.05) is 55.1 Å². The van der Waals surface area contributed by atoms with E-state index in [0.717, 1.165) is 60.2 Å². The average Bonchev–Trinajstić information content (AvgIpc) is 3.51. The van der Waals surface area contributed by atoms with Crippen molar-refractivity contribution in [3.05, 3.63) is 47.1 Å². The number of aliphatic hydroxyl groups is 2. The number of aromatic nitrogens is 7. The summed E-state index contributed by atoms with van der Waals surface area (Å²) in [6, 6.07) is 5.31. The van der Waals surface area contributed by atoms with Crippen LogP contribution >= 0.6 is 0 Å². The molecule has 196 valence electrons. The molecule has 1 aliphatic rings. The maximum Gasteiger partial charge on any atom is 0.266 e. The zero-order valence-electron chi connectivity index (χ0n) is 21.0. The fraction of sp³-hybridized carbons (Fsp3) is 0.480. The highest BCUT2D eigenvalue weighted by atomic mass is 16.5. The van der Waals surface area contributed by atoms with Crippen LogP contribution in [0.3, 0.4) is 0 Å². The van der Waals surface area contributed by atoms with Crippen LogP contribution in [-0.2, 0) is 13.6 Å². The normalized spacial score (nSPS) is 18.7. The van der Waals surface area contributed by atoms with Gasteiger partial charge >= 0.3 is 0 Å². The third-order valence-electron chi connectivity index (χ3n) is 6.68. The van der Waals surface area contributed by atoms with E-state index in [-0.39, 0.29) is 30.9 Å². The van der Waals surface area contributed by atoms with Crippen molar-refractivity contribution in [2.45, 2.75) is 57.4 Å². The van der Waals surface area contributed by atoms with Crippen LogP contribution in [0.15, 0.2) is 41.6 Å². The minimum atomic E-state index is -0.875. The highest BCUT2D eigenvalue weighted by Crippen LogP contribution is 2.36. The van der Waals surface area contributed by atoms with Crippen molar-refractivity contribution in [2.75, 3.05) is 18.5 Å². The van der Waals surface area contributed by atoms with Crippen LogP contribution in [-0.4, -0.2) is 69.9 Å². The van der Waals surface area contributed by atoms with Crippen molar-refractivity contribution < 1.29 is 14.9 Å². The third-order valence-corrected chi connectivity index (χ3v) is 6.68. The number of pyridine rings is 1. The first-order chi connectivity index (χ1) is 17.9. The first kappa shape index (κ1) is 24.9. The molecule has 4 aromatic heterocycles. The highest BCUT2D eigenvalue weighted by Gasteiger charge is 2.27. The molecular weight excluding hydrogens is 476 g/mol. The summed E-state index contributed by atoms with van der Waals surface area (Å²) in [5.41, 5.74) is 2.43. The molecule has 0 unspecified atom stereocenters. The quantitative estimate of drug-likeness (QED) is 0.308. The summed E-state index contributed by atoms with van der Waals surface area (Å²) in [4.78, 5) is 16.2. The molecule has 0 aromatic carbocycles. The second-order valence-electron chi connectivity index (χ2n) is 9.38. The van der Waals surface area contributed by atoms with Crippen LogP contribution in [0.5, 0.6) is 5.88 Å². The molecule has 12 heteroatoms. The Morgan fingerprint density at radius 3 is 2.73 bits per heavy atom. The van der Waals surface area contributed by atoms with E-state index in [4.69, 9.17) is 14.9 Å². The lowest BCUT2D eigenvalue weighted by atomic mass is 9.93. The number of anilines is 1. The maximum absolute atomic E-state index is 11.6. The van der Waals surface area contributed by atoms with Crippen LogP contribution in [0.1, 0.15) is 38.6 Å². The molecule has 1 atom stereocenters. The van der Waals surface area contributed by atoms with Gasteiger partial charge in [-0.05, 0) is 32.6 Å². The zero-order chi connectivity index (χ0) is 25.9. The Morgan fingerprint density at radius 1 is 1.19 bits per heavy atom. The number of aryl methyl sites for hydroxylation is 1. The molecule has 0 spiro atoms. The first-order valence-corrected chi connectivity index (χ1v) is 12.6. The number of nitrogens with zero attached hydrogens (tertiary/aromatic N) is 7. The van der Waals surface area contributed by atoms with Crippen molar-refractivity contribution >= 4 is 16.7 Å². The van der Waals surface area contributed by atoms with Gasteiger partial charge in [0.1, 0.15) is 17.6 Å². The smallest absolute Gasteiger partial charge is 0.266 e. The molecule has 1 fully saturated rings. The molecule has 4 heterocycles. The van der Waals surface area contributed by atoms with E-state index in [0.29, 0.717) is 5.88 Å². The Bertz CT molecular complexity index is 1420. The van der Waals surface area contributed by atoms with Gasteiger partial charge in [-0.3, -0.25) is 14.2 Å². The molecule has 37 heavy (non-hydrogen) atoms. The molecule has 3 N–H and O–H groups in total. The largest absolute Gasteiger partial charge is 0.473 e. The standard InChI is InChI=1S/C25H32N8O4/c1-3-26-22-10-21-20(12-27-22)25(16-11-28-32(13-16)14-18(35)15-34)30-33(21)17-4-6-19(7-5-17)37-23-8-9-24(36)31(2)29-23/h8-13,17-19,34-35H,3-7,14-15H2,1-2H3,(H,26,27)/t17?,18-,19?/m1/s1. The summed E-state index contributed by atoms with van der Waals surface area (Å²) in [6.07, 6.45) is 7.99. The van der Waals surface area contributed by atoms with Crippen molar-refractivity contribution in [2.24, 2.45) is 7.05 Å². The Balaban J connectivity index is 1.39. The molecule has 0 saturated heterocycles. The monoisotopic (exact) mass is 508 g/mol. The van der Waals surface area contributed by atoms with Crippen molar-refractivity contribution in [3.63, 3.8) is 0 Å². The lowest BCUT2D eigenvalue weighted by Gasteiger charge is -2.29. The van der Waals surface area contributed by atoms with Gasteiger partial charge in [-0.1, -0.05) is 0 Å². The SMILES string of the molecule is CCNc1cc2c(cn1)c(-c1cnn(C[C@@H](O)CO)c1)nn2C1CCC(Oc2ccc(=O)n(C)n2)CC1. The summed E-state index contributed by atoms with van der Waals surface area (Å²) in [5, 5.41) is 36.7. The number of hydrogen-bond acceptors (Lipinski definition) is 9. The molecular formula is C25H32N8O4. The van der Waals surface area contributed by atoms with Gasteiger partial charge in [0.25, 0.3) is 5.56 Å². The summed E-state index contributed by atoms with van der Waals surface area (Å²) in [7, 11) is 1.61. The van der Waals surface area contributed by atoms with Crippen LogP contribution in [0, 0.1) is 0 Å². The summed E-state index contributed by atoms with van der Waals surface area (Å²) < 4.78 is 11.0. The van der Waals surface area contributed by atoms with Crippen molar-refractivity contribution in [1.29, 1.82) is 0 Å². The molecule has 1 saturated carbocycles. The Hall–Kier alpha value is -3.77. The van der Waals surface area contributed by atoms with E-state index >= 15 is 0 Å². The fourth-order valence-corrected chi connectivity index (χ4v) is 4.78. The van der Waals surface area contributed by atoms with E-state index in [1.807, 2.05) is 25.4 Å². The minimum absolute atomic E-state index is 0.0257. The molecule has 4 aromatic rings. The van der Waals surface area contributed by atoms with Gasteiger partial charge in [0.15, 0.2) is 0 Å². The van der Waals surface area contributed by atoms with E-state index < -0.39 is 6.10 Å². The van der Waals surface area contributed by atoms with E-state index in [1.54, 1.807) is 24.0 Å². The highest BCUT2D eigenvalue weighted by molar-refractivity contribution is 5.93. The van der Waals surface area contributed by atoms with Crippen LogP contribution in [0.25, 0.3) is 22.2 Å². The second kappa shape index (κ2) is 10.7. The van der Waals surface area contributed by atoms with Gasteiger partial charge in [0.2, 0.25) is 5.88 Å². The van der Waals surface area contributed by atoms with Gasteiger partial charge in [0.05, 0.1) is 37.0 Å². The number of nitrogens with one attached hydrogen (secondary N) is 1. The first-order valence-electron chi connectivity index (χ1n) is 12.6. The number of hydrogen-bond donors (Lipinski definition) is 3. The summed E-state index contributed by atoms with van der Waals surface area (Å²) >= 11 is 0. The number of aliphatic hydroxyl groups excluding tert-OH is 2. The topological polar surface area (TPSA) is 145 Å². The van der Waals surface area contributed by atoms with Gasteiger partial charge in [-0.25, -0.2) is 9.67 Å². The van der Waals surface area contributed by atoms with E-state index in [2.05, 4.69) is 25.2 Å². The van der Waals surface area contributed by atoms with Crippen LogP contribution in [0.4, 0.5) is 5.82 Å². The Labute approximate surface area is 213 Å². The molecule has 0 amide bonds. The maximum atomic E-state index is 11.6. The van der Waals surface area contributed by atoms with Crippen LogP contribution < -0.4 is 15.6 Å². The lowest BCUT2D eigenvalue weighted by Crippen LogP contribution is -2.27.